The number of halogens is 1. The van der Waals surface area contributed by atoms with E-state index >= 15 is 0 Å². The third-order valence-corrected chi connectivity index (χ3v) is 5.66. The number of amides is 1. The van der Waals surface area contributed by atoms with Crippen molar-refractivity contribution in [3.63, 3.8) is 0 Å². The van der Waals surface area contributed by atoms with E-state index in [1.54, 1.807) is 10.7 Å². The smallest absolute Gasteiger partial charge is 0.228 e. The molecule has 2 N–H and O–H groups in total. The van der Waals surface area contributed by atoms with Crippen LogP contribution in [0.5, 0.6) is 5.75 Å². The molecular weight excluding hydrogens is 385 g/mol. The third-order valence-electron chi connectivity index (χ3n) is 5.66. The van der Waals surface area contributed by atoms with Crippen molar-refractivity contribution in [2.24, 2.45) is 5.92 Å². The normalized spacial score (nSPS) is 21.1. The molecular formula is C22H24FN5O2. The first kappa shape index (κ1) is 19.0. The van der Waals surface area contributed by atoms with Gasteiger partial charge in [0.05, 0.1) is 11.7 Å². The van der Waals surface area contributed by atoms with E-state index in [-0.39, 0.29) is 18.4 Å². The van der Waals surface area contributed by atoms with E-state index in [4.69, 9.17) is 4.74 Å². The first-order chi connectivity index (χ1) is 14.5. The number of aryl methyl sites for hydroxylation is 1. The average Bonchev–Trinajstić information content (AvgIpc) is 3.38. The molecule has 5 rings (SSSR count). The zero-order chi connectivity index (χ0) is 20.7. The van der Waals surface area contributed by atoms with Crippen LogP contribution in [0.25, 0.3) is 16.6 Å². The molecule has 7 nitrogen and oxygen atoms in total. The highest BCUT2D eigenvalue weighted by Crippen LogP contribution is 2.33. The summed E-state index contributed by atoms with van der Waals surface area (Å²) in [4.78, 5) is 16.3. The van der Waals surface area contributed by atoms with Gasteiger partial charge in [-0.05, 0) is 56.5 Å². The van der Waals surface area contributed by atoms with Crippen molar-refractivity contribution >= 4 is 17.2 Å². The predicted molar refractivity (Wildman–Crippen MR) is 111 cm³/mol. The quantitative estimate of drug-likeness (QED) is 0.654. The van der Waals surface area contributed by atoms with Crippen molar-refractivity contribution in [2.75, 3.05) is 25.0 Å². The Hall–Kier alpha value is -3.00. The molecule has 2 aliphatic rings. The Morgan fingerprint density at radius 1 is 1.40 bits per heavy atom. The third kappa shape index (κ3) is 3.87. The second kappa shape index (κ2) is 7.36. The highest BCUT2D eigenvalue weighted by molar-refractivity contribution is 5.93. The molecule has 3 aromatic rings. The van der Waals surface area contributed by atoms with Gasteiger partial charge in [0.25, 0.3) is 0 Å². The maximum Gasteiger partial charge on any atom is 0.228 e. The van der Waals surface area contributed by atoms with E-state index in [0.29, 0.717) is 31.1 Å². The molecule has 156 valence electrons. The number of fused-ring (bicyclic) bond motifs is 1. The molecule has 0 spiro atoms. The van der Waals surface area contributed by atoms with Crippen molar-refractivity contribution in [3.8, 4) is 16.9 Å². The molecule has 2 fully saturated rings. The first-order valence-electron chi connectivity index (χ1n) is 10.3. The van der Waals surface area contributed by atoms with E-state index < -0.39 is 5.67 Å². The molecule has 0 unspecified atom stereocenters. The van der Waals surface area contributed by atoms with Gasteiger partial charge in [0, 0.05) is 36.0 Å². The van der Waals surface area contributed by atoms with Crippen LogP contribution in [-0.4, -0.2) is 45.9 Å². The van der Waals surface area contributed by atoms with Crippen LogP contribution in [0, 0.1) is 12.8 Å². The SMILES string of the molecule is Cc1cc(-c2ccn3nc(NC(=O)C4CC4)cc3c2)c(OC[C@]2(F)CCNC2)cn1. The lowest BCUT2D eigenvalue weighted by atomic mass is 10.1. The zero-order valence-electron chi connectivity index (χ0n) is 16.8. The summed E-state index contributed by atoms with van der Waals surface area (Å²) >= 11 is 0. The Morgan fingerprint density at radius 3 is 3.03 bits per heavy atom. The predicted octanol–water partition coefficient (Wildman–Crippen LogP) is 3.13. The number of ether oxygens (including phenoxy) is 1. The highest BCUT2D eigenvalue weighted by atomic mass is 19.1. The van der Waals surface area contributed by atoms with Gasteiger partial charge in [-0.1, -0.05) is 0 Å². The fraction of sp³-hybridized carbons (Fsp3) is 0.409. The number of rotatable bonds is 6. The summed E-state index contributed by atoms with van der Waals surface area (Å²) in [5.41, 5.74) is 2.11. The summed E-state index contributed by atoms with van der Waals surface area (Å²) in [6.45, 7) is 2.87. The van der Waals surface area contributed by atoms with Crippen LogP contribution in [-0.2, 0) is 4.79 Å². The second-order valence-corrected chi connectivity index (χ2v) is 8.27. The van der Waals surface area contributed by atoms with Crippen molar-refractivity contribution in [3.05, 3.63) is 42.4 Å². The number of carbonyl (C=O) groups excluding carboxylic acids is 1. The number of hydrogen-bond acceptors (Lipinski definition) is 5. The highest BCUT2D eigenvalue weighted by Gasteiger charge is 2.35. The van der Waals surface area contributed by atoms with Gasteiger partial charge in [0.15, 0.2) is 11.5 Å². The summed E-state index contributed by atoms with van der Waals surface area (Å²) in [7, 11) is 0. The van der Waals surface area contributed by atoms with Crippen LogP contribution in [0.2, 0.25) is 0 Å². The van der Waals surface area contributed by atoms with Crippen molar-refractivity contribution < 1.29 is 13.9 Å². The summed E-state index contributed by atoms with van der Waals surface area (Å²) in [5, 5.41) is 10.3. The maximum atomic E-state index is 14.7. The van der Waals surface area contributed by atoms with Crippen LogP contribution in [0.15, 0.2) is 36.7 Å². The minimum absolute atomic E-state index is 0.00991. The molecule has 1 atom stereocenters. The van der Waals surface area contributed by atoms with E-state index in [2.05, 4.69) is 20.7 Å². The number of aromatic nitrogens is 3. The Labute approximate surface area is 173 Å². The van der Waals surface area contributed by atoms with E-state index in [1.165, 1.54) is 0 Å². The van der Waals surface area contributed by atoms with E-state index in [9.17, 15) is 9.18 Å². The number of pyridine rings is 2. The Kier molecular flexibility index (Phi) is 4.66. The van der Waals surface area contributed by atoms with Gasteiger partial charge in [-0.25, -0.2) is 8.91 Å². The van der Waals surface area contributed by atoms with Gasteiger partial charge in [-0.15, -0.1) is 0 Å². The first-order valence-corrected chi connectivity index (χ1v) is 10.3. The van der Waals surface area contributed by atoms with E-state index in [1.807, 2.05) is 37.4 Å². The lowest BCUT2D eigenvalue weighted by molar-refractivity contribution is -0.117. The van der Waals surface area contributed by atoms with Crippen LogP contribution >= 0.6 is 0 Å². The molecule has 30 heavy (non-hydrogen) atoms. The number of alkyl halides is 1. The number of nitrogens with zero attached hydrogens (tertiary/aromatic N) is 3. The minimum Gasteiger partial charge on any atom is -0.488 e. The lowest BCUT2D eigenvalue weighted by Gasteiger charge is -2.20. The molecule has 1 aliphatic heterocycles. The fourth-order valence-corrected chi connectivity index (χ4v) is 3.73. The number of carbonyl (C=O) groups is 1. The van der Waals surface area contributed by atoms with Gasteiger partial charge in [-0.2, -0.15) is 5.10 Å². The second-order valence-electron chi connectivity index (χ2n) is 8.27. The van der Waals surface area contributed by atoms with Crippen LogP contribution in [0.4, 0.5) is 10.2 Å². The molecule has 1 amide bonds. The molecule has 4 heterocycles. The molecule has 1 aliphatic carbocycles. The molecule has 1 saturated heterocycles. The van der Waals surface area contributed by atoms with Crippen LogP contribution in [0.3, 0.4) is 0 Å². The molecule has 8 heteroatoms. The summed E-state index contributed by atoms with van der Waals surface area (Å²) in [5.74, 6) is 1.24. The van der Waals surface area contributed by atoms with Crippen LogP contribution in [0.1, 0.15) is 25.0 Å². The van der Waals surface area contributed by atoms with Crippen molar-refractivity contribution in [1.29, 1.82) is 0 Å². The molecule has 1 saturated carbocycles. The Morgan fingerprint density at radius 2 is 2.27 bits per heavy atom. The van der Waals surface area contributed by atoms with Gasteiger partial charge >= 0.3 is 0 Å². The summed E-state index contributed by atoms with van der Waals surface area (Å²) in [6.07, 6.45) is 5.83. The Bertz CT molecular complexity index is 1100. The summed E-state index contributed by atoms with van der Waals surface area (Å²) in [6, 6.07) is 7.68. The summed E-state index contributed by atoms with van der Waals surface area (Å²) < 4.78 is 22.3. The molecule has 0 aromatic carbocycles. The monoisotopic (exact) mass is 409 g/mol. The largest absolute Gasteiger partial charge is 0.488 e. The van der Waals surface area contributed by atoms with Crippen molar-refractivity contribution in [2.45, 2.75) is 31.9 Å². The number of hydrogen-bond donors (Lipinski definition) is 2. The fourth-order valence-electron chi connectivity index (χ4n) is 3.73. The van der Waals surface area contributed by atoms with Gasteiger partial charge in [0.2, 0.25) is 5.91 Å². The lowest BCUT2D eigenvalue weighted by Crippen LogP contribution is -2.33. The maximum absolute atomic E-state index is 14.7. The van der Waals surface area contributed by atoms with Gasteiger partial charge < -0.3 is 15.4 Å². The standard InChI is InChI=1S/C22H24FN5O2/c1-14-8-18(19(11-25-14)30-13-22(23)5-6-24-12-22)16-4-7-28-17(9-16)10-20(27-28)26-21(29)15-2-3-15/h4,7-11,15,24H,2-3,5-6,12-13H2,1H3,(H,26,27,29)/t22-/m0/s1. The number of nitrogens with one attached hydrogen (secondary N) is 2. The minimum atomic E-state index is -1.35. The zero-order valence-corrected chi connectivity index (χ0v) is 16.8. The average molecular weight is 409 g/mol. The molecule has 3 aromatic heterocycles. The molecule has 0 bridgehead atoms. The topological polar surface area (TPSA) is 80.5 Å². The molecule has 0 radical (unpaired) electrons. The van der Waals surface area contributed by atoms with Crippen LogP contribution < -0.4 is 15.4 Å². The Balaban J connectivity index is 1.42. The van der Waals surface area contributed by atoms with Crippen molar-refractivity contribution in [1.82, 2.24) is 19.9 Å². The number of anilines is 1. The van der Waals surface area contributed by atoms with Gasteiger partial charge in [-0.3, -0.25) is 9.78 Å². The van der Waals surface area contributed by atoms with E-state index in [0.717, 1.165) is 35.2 Å². The van der Waals surface area contributed by atoms with Gasteiger partial charge in [0.1, 0.15) is 12.4 Å².